The van der Waals surface area contributed by atoms with Gasteiger partial charge in [0, 0.05) is 108 Å². The van der Waals surface area contributed by atoms with Crippen LogP contribution in [0.2, 0.25) is 0 Å². The van der Waals surface area contributed by atoms with Crippen LogP contribution in [0.25, 0.3) is 5.65 Å². The van der Waals surface area contributed by atoms with Crippen LogP contribution in [0.15, 0.2) is 163 Å². The number of urea groups is 1. The number of aliphatic imine (C=N–C) groups is 1. The summed E-state index contributed by atoms with van der Waals surface area (Å²) in [6.07, 6.45) is -0.00616. The minimum absolute atomic E-state index is 0.0459. The van der Waals surface area contributed by atoms with Crippen molar-refractivity contribution in [3.63, 3.8) is 0 Å². The quantitative estimate of drug-likeness (QED) is 0.103. The van der Waals surface area contributed by atoms with E-state index in [1.165, 1.54) is 67.3 Å². The molecule has 8 aromatic rings. The predicted molar refractivity (Wildman–Crippen MR) is 425 cm³/mol. The maximum atomic E-state index is 13.5. The van der Waals surface area contributed by atoms with Crippen molar-refractivity contribution < 1.29 is 81.8 Å². The number of anilines is 2. The zero-order valence-electron chi connectivity index (χ0n) is 66.4. The fourth-order valence-electron chi connectivity index (χ4n) is 21.0. The van der Waals surface area contributed by atoms with Crippen molar-refractivity contribution in [2.24, 2.45) is 52.3 Å². The molecule has 0 bridgehead atoms. The lowest BCUT2D eigenvalue weighted by atomic mass is 9.91. The number of nitrogens with zero attached hydrogens (tertiary/aromatic N) is 12. The largest absolute Gasteiger partial charge is 0.478 e. The topological polar surface area (TPSA) is 221 Å². The summed E-state index contributed by atoms with van der Waals surface area (Å²) in [6, 6.07) is 28.3. The van der Waals surface area contributed by atoms with Crippen LogP contribution in [-0.2, 0) is 42.6 Å². The molecular weight excluding hydrogens is 1590 g/mol. The molecule has 32 heteroatoms. The van der Waals surface area contributed by atoms with Gasteiger partial charge in [0.05, 0.1) is 46.4 Å². The van der Waals surface area contributed by atoms with Crippen molar-refractivity contribution in [1.82, 2.24) is 54.3 Å². The summed E-state index contributed by atoms with van der Waals surface area (Å²) in [6.45, 7) is 13.6. The minimum Gasteiger partial charge on any atom is -0.478 e. The number of carboxylic acids is 1. The van der Waals surface area contributed by atoms with Gasteiger partial charge in [-0.25, -0.2) is 19.1 Å². The van der Waals surface area contributed by atoms with Gasteiger partial charge in [0.15, 0.2) is 11.3 Å². The van der Waals surface area contributed by atoms with E-state index in [4.69, 9.17) is 0 Å². The molecule has 7 aliphatic heterocycles. The Balaban J connectivity index is 0.000000121. The Bertz CT molecular complexity index is 5250. The van der Waals surface area contributed by atoms with Crippen LogP contribution in [0.4, 0.5) is 69.0 Å². The molecule has 9 fully saturated rings. The zero-order valence-corrected chi connectivity index (χ0v) is 66.4. The number of alkyl halides is 12. The lowest BCUT2D eigenvalue weighted by Gasteiger charge is -2.27. The van der Waals surface area contributed by atoms with Crippen LogP contribution in [0.1, 0.15) is 195 Å². The summed E-state index contributed by atoms with van der Waals surface area (Å²) in [7, 11) is 0. The molecule has 4 aliphatic carbocycles. The van der Waals surface area contributed by atoms with E-state index in [1.807, 2.05) is 39.8 Å². The Morgan fingerprint density at radius 1 is 0.504 bits per heavy atom. The number of aromatic amines is 1. The van der Waals surface area contributed by atoms with Crippen molar-refractivity contribution in [1.29, 1.82) is 0 Å². The molecule has 11 aliphatic rings. The summed E-state index contributed by atoms with van der Waals surface area (Å²) in [4.78, 5) is 86.5. The van der Waals surface area contributed by atoms with Gasteiger partial charge in [0.25, 0.3) is 17.7 Å². The first-order valence-electron chi connectivity index (χ1n) is 41.3. The van der Waals surface area contributed by atoms with Gasteiger partial charge in [-0.15, -0.1) is 5.10 Å². The number of fused-ring (bicyclic) bond motifs is 6. The molecule has 121 heavy (non-hydrogen) atoms. The van der Waals surface area contributed by atoms with Gasteiger partial charge in [0.1, 0.15) is 22.8 Å². The Morgan fingerprint density at radius 3 is 1.34 bits per heavy atom. The Hall–Kier alpha value is -11.1. The summed E-state index contributed by atoms with van der Waals surface area (Å²) < 4.78 is 162. The van der Waals surface area contributed by atoms with E-state index in [2.05, 4.69) is 52.0 Å². The van der Waals surface area contributed by atoms with Gasteiger partial charge in [-0.3, -0.25) is 29.5 Å². The van der Waals surface area contributed by atoms with E-state index in [1.54, 1.807) is 70.4 Å². The number of aromatic carboxylic acids is 1. The average molecular weight is 1680 g/mol. The fraction of sp³-hybridized carbons (Fsp3) is 0.461. The highest BCUT2D eigenvalue weighted by Crippen LogP contribution is 2.54. The summed E-state index contributed by atoms with van der Waals surface area (Å²) in [5, 5.41) is 23.8. The number of rotatable bonds is 11. The van der Waals surface area contributed by atoms with E-state index < -0.39 is 59.0 Å². The SMILES string of the molecule is C=C(C)N1Cc2[nH]nc(C(=O)N3C[C@H]4CC(c5ccccc5C(F)(F)F)C[C@H]4C3)c2C1.O=C(C1=CCC=N1)N1C[C@H]2CC(c3ccccc3C(F)(F)F)C[C@H]2C1.O=C(O)c1cnccc1NC(=O)N1C[C@H]2CC(c3ccccc3C(F)(F)F)C[C@H]2C1.O=C(c1cn2nc(N3CCCCC3)ccc2n1)N1C[C@H]2CC(c3ccccc3C(F)(F)F)C[C@H]2C1. The monoisotopic (exact) mass is 1680 g/mol. The number of nitrogens with one attached hydrogen (secondary N) is 2. The number of halogens is 12. The van der Waals surface area contributed by atoms with Gasteiger partial charge in [-0.1, -0.05) is 79.4 Å². The number of piperidine rings is 1. The third-order valence-corrected chi connectivity index (χ3v) is 26.7. The molecule has 5 amide bonds. The number of imidazole rings is 1. The van der Waals surface area contributed by atoms with Crippen LogP contribution in [0.3, 0.4) is 0 Å². The van der Waals surface area contributed by atoms with E-state index in [-0.39, 0.29) is 100.0 Å². The summed E-state index contributed by atoms with van der Waals surface area (Å²) >= 11 is 0. The maximum Gasteiger partial charge on any atom is 0.416 e. The number of carboxylic acid groups (broad SMARTS) is 1. The van der Waals surface area contributed by atoms with Gasteiger partial charge >= 0.3 is 36.7 Å². The highest BCUT2D eigenvalue weighted by molar-refractivity contribution is 6.00. The van der Waals surface area contributed by atoms with Gasteiger partial charge in [-0.2, -0.15) is 57.8 Å². The fourth-order valence-corrected chi connectivity index (χ4v) is 21.0. The number of H-pyrrole nitrogens is 1. The molecule has 4 unspecified atom stereocenters. The molecule has 0 spiro atoms. The normalized spacial score (nSPS) is 25.2. The summed E-state index contributed by atoms with van der Waals surface area (Å²) in [5.74, 6) is 0.666. The Kier molecular flexibility index (Phi) is 23.3. The van der Waals surface area contributed by atoms with Crippen molar-refractivity contribution in [2.45, 2.75) is 145 Å². The van der Waals surface area contributed by atoms with Crippen molar-refractivity contribution in [2.75, 3.05) is 75.7 Å². The number of allylic oxidation sites excluding steroid dienone is 2. The number of hydrogen-bond donors (Lipinski definition) is 3. The number of carbonyl (C=O) groups excluding carboxylic acids is 4. The van der Waals surface area contributed by atoms with Crippen LogP contribution in [0, 0.1) is 47.3 Å². The first-order chi connectivity index (χ1) is 57.8. The second-order valence-corrected chi connectivity index (χ2v) is 34.2. The van der Waals surface area contributed by atoms with E-state index in [0.717, 1.165) is 54.8 Å². The van der Waals surface area contributed by atoms with Crippen molar-refractivity contribution in [3.05, 3.63) is 231 Å². The van der Waals surface area contributed by atoms with E-state index in [0.29, 0.717) is 168 Å². The minimum atomic E-state index is -4.38. The molecule has 638 valence electrons. The number of hydrogen-bond acceptors (Lipinski definition) is 12. The zero-order chi connectivity index (χ0) is 85.1. The number of aromatic nitrogens is 6. The molecule has 0 radical (unpaired) electrons. The first-order valence-corrected chi connectivity index (χ1v) is 41.3. The van der Waals surface area contributed by atoms with E-state index >= 15 is 0 Å². The number of carbonyl (C=O) groups is 5. The smallest absolute Gasteiger partial charge is 0.416 e. The number of likely N-dealkylation sites (tertiary alicyclic amines) is 4. The Morgan fingerprint density at radius 2 is 0.926 bits per heavy atom. The standard InChI is InChI=1S/C26H28F3N5O.C23H25F3N4O.C21H20F3N3O3.C19H19F3N2O/c27-26(28,29)21-7-3-2-6-20(21)17-12-18-14-33(15-19(18)13-17)25(35)22-16-34-23(30-22)8-9-24(31-34)32-10-4-1-5-11-32;1-13(2)29-11-18-20(12-29)27-28-21(18)22(31)30-9-15-7-14(8-16(15)10-30)17-5-3-4-6-19(17)23(24,25)26;22-21(23,24)17-4-2-1-3-15(17)12-7-13-10-27(11-14(13)8-12)20(30)26-18-5-6-25-9-16(18)19(28)29;20-19(21,22)16-5-2-1-4-15(16)12-8-13-10-24(11-14(13)9-12)18(25)17-6-3-7-23-17/h2-3,6-9,16-19H,1,4-5,10-15H2;3-6,14-16H,1,7-12H2,2H3,(H,27,28);1-6,9,12-14H,7-8,10-11H2,(H,28,29)(H,25,26,30);1-2,4-7,12-14H,3,8-11H2/t17?,18-,19+;14?,15-,16+;2*12?,13-,14+. The maximum absolute atomic E-state index is 13.5. The average Bonchev–Trinajstić information content (AvgIpc) is 1.61. The molecule has 11 heterocycles. The highest BCUT2D eigenvalue weighted by Gasteiger charge is 2.51. The van der Waals surface area contributed by atoms with Crippen LogP contribution in [-0.4, -0.2) is 161 Å². The molecular formula is C89H92F12N14O6. The molecule has 19 rings (SSSR count). The molecule has 20 nitrogen and oxygen atoms in total. The van der Waals surface area contributed by atoms with E-state index in [9.17, 15) is 81.8 Å². The van der Waals surface area contributed by atoms with Crippen molar-refractivity contribution in [3.8, 4) is 0 Å². The van der Waals surface area contributed by atoms with Gasteiger partial charge in [0.2, 0.25) is 0 Å². The Labute approximate surface area is 690 Å². The number of amides is 5. The summed E-state index contributed by atoms with van der Waals surface area (Å²) in [5.41, 5.74) is 4.24. The van der Waals surface area contributed by atoms with Crippen LogP contribution < -0.4 is 10.2 Å². The third-order valence-electron chi connectivity index (χ3n) is 26.7. The van der Waals surface area contributed by atoms with Gasteiger partial charge < -0.3 is 39.8 Å². The lowest BCUT2D eigenvalue weighted by molar-refractivity contribution is -0.139. The molecule has 4 aromatic carbocycles. The first kappa shape index (κ1) is 83.6. The second kappa shape index (κ2) is 33.7. The highest BCUT2D eigenvalue weighted by atomic mass is 19.4. The van der Waals surface area contributed by atoms with Crippen molar-refractivity contribution >= 4 is 53.1 Å². The number of benzene rings is 4. The van der Waals surface area contributed by atoms with Crippen LogP contribution >= 0.6 is 0 Å². The second-order valence-electron chi connectivity index (χ2n) is 34.2. The molecule has 3 N–H and O–H groups in total. The van der Waals surface area contributed by atoms with Crippen LogP contribution in [0.5, 0.6) is 0 Å². The van der Waals surface area contributed by atoms with Gasteiger partial charge in [-0.05, 0) is 219 Å². The molecule has 4 aromatic heterocycles. The lowest BCUT2D eigenvalue weighted by Crippen LogP contribution is -2.34. The third kappa shape index (κ3) is 17.7. The molecule has 12 atom stereocenters. The molecule has 4 saturated carbocycles. The molecule has 5 saturated heterocycles. The predicted octanol–water partition coefficient (Wildman–Crippen LogP) is 18.0. The number of pyridine rings is 1.